The van der Waals surface area contributed by atoms with Gasteiger partial charge >= 0.3 is 6.03 Å². The quantitative estimate of drug-likeness (QED) is 0.644. The highest BCUT2D eigenvalue weighted by Crippen LogP contribution is 2.46. The Morgan fingerprint density at radius 1 is 1.23 bits per heavy atom. The SMILES string of the molecule is Cc1ccccc1NC(=O)N1CCCC(CC2CC2)(c2noc(-c3ccccn3)n2)C1. The minimum absolute atomic E-state index is 0.0670. The van der Waals surface area contributed by atoms with E-state index in [0.717, 1.165) is 37.1 Å². The van der Waals surface area contributed by atoms with Crippen molar-refractivity contribution in [2.24, 2.45) is 5.92 Å². The summed E-state index contributed by atoms with van der Waals surface area (Å²) >= 11 is 0. The van der Waals surface area contributed by atoms with Gasteiger partial charge in [-0.3, -0.25) is 4.98 Å². The summed E-state index contributed by atoms with van der Waals surface area (Å²) in [6, 6.07) is 13.4. The lowest BCUT2D eigenvalue weighted by Gasteiger charge is -2.41. The summed E-state index contributed by atoms with van der Waals surface area (Å²) in [4.78, 5) is 24.1. The first kappa shape index (κ1) is 19.7. The maximum Gasteiger partial charge on any atom is 0.321 e. The normalized spacial score (nSPS) is 21.1. The lowest BCUT2D eigenvalue weighted by molar-refractivity contribution is 0.143. The molecule has 1 saturated carbocycles. The second kappa shape index (κ2) is 8.13. The molecule has 3 aromatic rings. The van der Waals surface area contributed by atoms with E-state index in [1.54, 1.807) is 6.20 Å². The summed E-state index contributed by atoms with van der Waals surface area (Å²) in [7, 11) is 0. The number of piperidine rings is 1. The van der Waals surface area contributed by atoms with Gasteiger partial charge in [0.1, 0.15) is 5.69 Å². The number of rotatable bonds is 5. The lowest BCUT2D eigenvalue weighted by Crippen LogP contribution is -2.50. The van der Waals surface area contributed by atoms with Crippen LogP contribution in [-0.2, 0) is 5.41 Å². The third-order valence-electron chi connectivity index (χ3n) is 6.41. The molecule has 1 aliphatic heterocycles. The Morgan fingerprint density at radius 2 is 2.06 bits per heavy atom. The number of carbonyl (C=O) groups is 1. The molecule has 7 heteroatoms. The first-order chi connectivity index (χ1) is 15.1. The van der Waals surface area contributed by atoms with Gasteiger partial charge in [-0.25, -0.2) is 4.79 Å². The van der Waals surface area contributed by atoms with Crippen LogP contribution >= 0.6 is 0 Å². The molecule has 0 bridgehead atoms. The van der Waals surface area contributed by atoms with Gasteiger partial charge in [-0.2, -0.15) is 4.98 Å². The second-order valence-corrected chi connectivity index (χ2v) is 8.84. The van der Waals surface area contributed by atoms with E-state index < -0.39 is 0 Å². The molecular weight excluding hydrogens is 390 g/mol. The van der Waals surface area contributed by atoms with E-state index in [2.05, 4.69) is 15.5 Å². The van der Waals surface area contributed by atoms with Gasteiger partial charge < -0.3 is 14.7 Å². The number of carbonyl (C=O) groups excluding carboxylic acids is 1. The number of amides is 2. The summed E-state index contributed by atoms with van der Waals surface area (Å²) in [6.45, 7) is 3.33. The highest BCUT2D eigenvalue weighted by atomic mass is 16.5. The molecule has 1 atom stereocenters. The number of benzene rings is 1. The Balaban J connectivity index is 1.40. The molecule has 160 valence electrons. The molecule has 1 aromatic carbocycles. The smallest absolute Gasteiger partial charge is 0.321 e. The first-order valence-electron chi connectivity index (χ1n) is 11.0. The maximum absolute atomic E-state index is 13.1. The summed E-state index contributed by atoms with van der Waals surface area (Å²) in [5.41, 5.74) is 2.30. The van der Waals surface area contributed by atoms with Gasteiger partial charge in [0.15, 0.2) is 5.82 Å². The van der Waals surface area contributed by atoms with Crippen molar-refractivity contribution in [3.05, 3.63) is 60.0 Å². The van der Waals surface area contributed by atoms with Gasteiger partial charge in [0.25, 0.3) is 5.89 Å². The van der Waals surface area contributed by atoms with Gasteiger partial charge in [0.05, 0.1) is 5.41 Å². The van der Waals surface area contributed by atoms with E-state index in [-0.39, 0.29) is 11.4 Å². The van der Waals surface area contributed by atoms with E-state index in [1.165, 1.54) is 12.8 Å². The van der Waals surface area contributed by atoms with Crippen molar-refractivity contribution in [1.82, 2.24) is 20.0 Å². The molecule has 3 heterocycles. The number of likely N-dealkylation sites (tertiary alicyclic amines) is 1. The van der Waals surface area contributed by atoms with E-state index >= 15 is 0 Å². The molecule has 5 rings (SSSR count). The Bertz CT molecular complexity index is 1060. The average Bonchev–Trinajstić information content (AvgIpc) is 3.46. The molecule has 2 fully saturated rings. The van der Waals surface area contributed by atoms with Crippen LogP contribution in [0.25, 0.3) is 11.6 Å². The number of para-hydroxylation sites is 1. The Morgan fingerprint density at radius 3 is 2.84 bits per heavy atom. The van der Waals surface area contributed by atoms with Crippen molar-refractivity contribution in [3.8, 4) is 11.6 Å². The summed E-state index contributed by atoms with van der Waals surface area (Å²) in [6.07, 6.45) is 7.06. The van der Waals surface area contributed by atoms with Crippen molar-refractivity contribution in [2.45, 2.75) is 44.4 Å². The fraction of sp³-hybridized carbons (Fsp3) is 0.417. The summed E-state index contributed by atoms with van der Waals surface area (Å²) < 4.78 is 5.60. The summed E-state index contributed by atoms with van der Waals surface area (Å²) in [5.74, 6) is 1.82. The average molecular weight is 418 g/mol. The Kier molecular flexibility index (Phi) is 5.18. The number of nitrogens with one attached hydrogen (secondary N) is 1. The molecule has 2 aliphatic rings. The predicted molar refractivity (Wildman–Crippen MR) is 118 cm³/mol. The van der Waals surface area contributed by atoms with E-state index in [1.807, 2.05) is 54.3 Å². The van der Waals surface area contributed by atoms with Gasteiger partial charge in [0, 0.05) is 25.0 Å². The van der Waals surface area contributed by atoms with Crippen LogP contribution in [0.15, 0.2) is 53.2 Å². The second-order valence-electron chi connectivity index (χ2n) is 8.84. The van der Waals surface area contributed by atoms with Crippen molar-refractivity contribution >= 4 is 11.7 Å². The zero-order chi connectivity index (χ0) is 21.3. The molecule has 31 heavy (non-hydrogen) atoms. The van der Waals surface area contributed by atoms with Crippen LogP contribution in [0.3, 0.4) is 0 Å². The minimum atomic E-state index is -0.279. The van der Waals surface area contributed by atoms with Crippen molar-refractivity contribution in [2.75, 3.05) is 18.4 Å². The largest absolute Gasteiger partial charge is 0.332 e. The number of hydrogen-bond donors (Lipinski definition) is 1. The molecule has 2 amide bonds. The number of urea groups is 1. The Labute approximate surface area is 181 Å². The third kappa shape index (κ3) is 4.17. The van der Waals surface area contributed by atoms with Gasteiger partial charge in [-0.1, -0.05) is 42.3 Å². The van der Waals surface area contributed by atoms with Gasteiger partial charge in [0.2, 0.25) is 0 Å². The zero-order valence-electron chi connectivity index (χ0n) is 17.8. The Hall–Kier alpha value is -3.22. The summed E-state index contributed by atoms with van der Waals surface area (Å²) in [5, 5.41) is 7.46. The van der Waals surface area contributed by atoms with Gasteiger partial charge in [-0.15, -0.1) is 0 Å². The van der Waals surface area contributed by atoms with Crippen LogP contribution in [0.5, 0.6) is 0 Å². The molecule has 0 spiro atoms. The van der Waals surface area contributed by atoms with E-state index in [0.29, 0.717) is 29.9 Å². The first-order valence-corrected chi connectivity index (χ1v) is 11.0. The standard InChI is InChI=1S/C24H27N5O2/c1-17-7-2-3-8-19(17)26-23(30)29-14-6-12-24(16-29,15-18-10-11-18)22-27-21(31-28-22)20-9-4-5-13-25-20/h2-5,7-9,13,18H,6,10-12,14-16H2,1H3,(H,26,30). The van der Waals surface area contributed by atoms with Gasteiger partial charge in [-0.05, 0) is 55.9 Å². The molecule has 1 unspecified atom stereocenters. The van der Waals surface area contributed by atoms with Crippen LogP contribution in [0, 0.1) is 12.8 Å². The highest BCUT2D eigenvalue weighted by molar-refractivity contribution is 5.90. The molecule has 7 nitrogen and oxygen atoms in total. The number of aryl methyl sites for hydroxylation is 1. The minimum Gasteiger partial charge on any atom is -0.332 e. The lowest BCUT2D eigenvalue weighted by atomic mass is 9.75. The van der Waals surface area contributed by atoms with E-state index in [4.69, 9.17) is 9.51 Å². The number of aromatic nitrogens is 3. The number of anilines is 1. The topological polar surface area (TPSA) is 84.2 Å². The van der Waals surface area contributed by atoms with Crippen molar-refractivity contribution in [3.63, 3.8) is 0 Å². The maximum atomic E-state index is 13.1. The third-order valence-corrected chi connectivity index (χ3v) is 6.41. The molecule has 1 aliphatic carbocycles. The van der Waals surface area contributed by atoms with Crippen LogP contribution in [0.4, 0.5) is 10.5 Å². The van der Waals surface area contributed by atoms with E-state index in [9.17, 15) is 4.79 Å². The fourth-order valence-corrected chi connectivity index (χ4v) is 4.56. The molecule has 1 N–H and O–H groups in total. The van der Waals surface area contributed by atoms with Crippen LogP contribution < -0.4 is 5.32 Å². The van der Waals surface area contributed by atoms with Crippen LogP contribution in [-0.4, -0.2) is 39.1 Å². The highest BCUT2D eigenvalue weighted by Gasteiger charge is 2.46. The number of hydrogen-bond acceptors (Lipinski definition) is 5. The van der Waals surface area contributed by atoms with Crippen LogP contribution in [0.2, 0.25) is 0 Å². The number of pyridine rings is 1. The molecular formula is C24H27N5O2. The molecule has 2 aromatic heterocycles. The van der Waals surface area contributed by atoms with Crippen molar-refractivity contribution in [1.29, 1.82) is 0 Å². The molecule has 0 radical (unpaired) electrons. The fourth-order valence-electron chi connectivity index (χ4n) is 4.56. The monoisotopic (exact) mass is 417 g/mol. The predicted octanol–water partition coefficient (Wildman–Crippen LogP) is 4.81. The molecule has 1 saturated heterocycles. The van der Waals surface area contributed by atoms with Crippen molar-refractivity contribution < 1.29 is 9.32 Å². The number of nitrogens with zero attached hydrogens (tertiary/aromatic N) is 4. The zero-order valence-corrected chi connectivity index (χ0v) is 17.8. The van der Waals surface area contributed by atoms with Crippen LogP contribution in [0.1, 0.15) is 43.5 Å².